The topological polar surface area (TPSA) is 49.5 Å². The Labute approximate surface area is 99.0 Å². The van der Waals surface area contributed by atoms with Crippen LogP contribution < -0.4 is 5.73 Å². The second kappa shape index (κ2) is 4.63. The minimum Gasteiger partial charge on any atom is -0.389 e. The standard InChI is InChI=1S/C13H26N2O/c1-15-9-7-13(16,8-10-15)12(11-14)5-3-2-4-6-12/h16H,2-11,14H2,1H3. The van der Waals surface area contributed by atoms with Crippen LogP contribution in [-0.2, 0) is 0 Å². The average molecular weight is 226 g/mol. The molecule has 0 radical (unpaired) electrons. The lowest BCUT2D eigenvalue weighted by atomic mass is 9.60. The molecule has 94 valence electrons. The number of nitrogens with two attached hydrogens (primary N) is 1. The molecule has 1 heterocycles. The summed E-state index contributed by atoms with van der Waals surface area (Å²) in [6.45, 7) is 2.68. The molecule has 0 aromatic heterocycles. The Morgan fingerprint density at radius 2 is 1.62 bits per heavy atom. The number of piperidine rings is 1. The maximum atomic E-state index is 11.0. The molecule has 0 atom stereocenters. The molecule has 3 heteroatoms. The normalized spacial score (nSPS) is 30.2. The van der Waals surface area contributed by atoms with Gasteiger partial charge in [-0.15, -0.1) is 0 Å². The van der Waals surface area contributed by atoms with Crippen LogP contribution >= 0.6 is 0 Å². The molecule has 2 rings (SSSR count). The van der Waals surface area contributed by atoms with Gasteiger partial charge in [-0.25, -0.2) is 0 Å². The van der Waals surface area contributed by atoms with Crippen molar-refractivity contribution in [3.8, 4) is 0 Å². The van der Waals surface area contributed by atoms with E-state index < -0.39 is 5.60 Å². The summed E-state index contributed by atoms with van der Waals surface area (Å²) in [4.78, 5) is 2.31. The van der Waals surface area contributed by atoms with Crippen molar-refractivity contribution in [3.05, 3.63) is 0 Å². The van der Waals surface area contributed by atoms with Crippen LogP contribution in [0.5, 0.6) is 0 Å². The minimum absolute atomic E-state index is 0.0203. The molecular weight excluding hydrogens is 200 g/mol. The highest BCUT2D eigenvalue weighted by atomic mass is 16.3. The van der Waals surface area contributed by atoms with Gasteiger partial charge in [0.05, 0.1) is 5.60 Å². The summed E-state index contributed by atoms with van der Waals surface area (Å²) in [7, 11) is 2.13. The van der Waals surface area contributed by atoms with Gasteiger partial charge in [-0.2, -0.15) is 0 Å². The van der Waals surface area contributed by atoms with Crippen molar-refractivity contribution >= 4 is 0 Å². The third kappa shape index (κ3) is 2.01. The van der Waals surface area contributed by atoms with E-state index in [1.807, 2.05) is 0 Å². The molecule has 1 aliphatic carbocycles. The molecule has 3 nitrogen and oxygen atoms in total. The van der Waals surface area contributed by atoms with Crippen LogP contribution in [0.4, 0.5) is 0 Å². The molecule has 0 aromatic carbocycles. The summed E-state index contributed by atoms with van der Waals surface area (Å²) in [6.07, 6.45) is 7.87. The van der Waals surface area contributed by atoms with E-state index in [0.29, 0.717) is 6.54 Å². The molecule has 1 aliphatic heterocycles. The highest BCUT2D eigenvalue weighted by Crippen LogP contribution is 2.48. The smallest absolute Gasteiger partial charge is 0.0740 e. The summed E-state index contributed by atoms with van der Waals surface area (Å²) in [5.41, 5.74) is 5.54. The summed E-state index contributed by atoms with van der Waals surface area (Å²) in [5.74, 6) is 0. The van der Waals surface area contributed by atoms with Crippen LogP contribution in [-0.4, -0.2) is 42.3 Å². The Kier molecular flexibility index (Phi) is 3.57. The number of hydrogen-bond acceptors (Lipinski definition) is 3. The van der Waals surface area contributed by atoms with Crippen LogP contribution in [0.3, 0.4) is 0 Å². The Morgan fingerprint density at radius 3 is 2.12 bits per heavy atom. The van der Waals surface area contributed by atoms with Crippen molar-refractivity contribution in [1.29, 1.82) is 0 Å². The first-order valence-corrected chi connectivity index (χ1v) is 6.73. The fraction of sp³-hybridized carbons (Fsp3) is 1.00. The molecule has 0 spiro atoms. The molecule has 16 heavy (non-hydrogen) atoms. The van der Waals surface area contributed by atoms with Crippen molar-refractivity contribution < 1.29 is 5.11 Å². The first kappa shape index (κ1) is 12.3. The predicted molar refractivity (Wildman–Crippen MR) is 66.3 cm³/mol. The zero-order valence-corrected chi connectivity index (χ0v) is 10.5. The van der Waals surface area contributed by atoms with Crippen LogP contribution in [0.15, 0.2) is 0 Å². The molecule has 1 saturated heterocycles. The summed E-state index contributed by atoms with van der Waals surface area (Å²) in [5, 5.41) is 11.0. The van der Waals surface area contributed by atoms with Crippen LogP contribution in [0.25, 0.3) is 0 Å². The van der Waals surface area contributed by atoms with E-state index in [9.17, 15) is 5.11 Å². The van der Waals surface area contributed by atoms with Gasteiger partial charge in [0.15, 0.2) is 0 Å². The monoisotopic (exact) mass is 226 g/mol. The second-order valence-corrected chi connectivity index (χ2v) is 5.88. The molecule has 0 amide bonds. The Morgan fingerprint density at radius 1 is 1.06 bits per heavy atom. The number of rotatable bonds is 2. The molecule has 2 fully saturated rings. The molecule has 3 N–H and O–H groups in total. The summed E-state index contributed by atoms with van der Waals surface area (Å²) < 4.78 is 0. The summed E-state index contributed by atoms with van der Waals surface area (Å²) >= 11 is 0. The Bertz CT molecular complexity index is 228. The van der Waals surface area contributed by atoms with E-state index in [0.717, 1.165) is 38.8 Å². The van der Waals surface area contributed by atoms with Gasteiger partial charge in [0.1, 0.15) is 0 Å². The van der Waals surface area contributed by atoms with Crippen LogP contribution in [0.1, 0.15) is 44.9 Å². The van der Waals surface area contributed by atoms with Crippen molar-refractivity contribution in [2.75, 3.05) is 26.7 Å². The van der Waals surface area contributed by atoms with E-state index >= 15 is 0 Å². The number of hydrogen-bond donors (Lipinski definition) is 2. The van der Waals surface area contributed by atoms with Crippen molar-refractivity contribution in [2.24, 2.45) is 11.1 Å². The quantitative estimate of drug-likeness (QED) is 0.747. The molecule has 0 aromatic rings. The van der Waals surface area contributed by atoms with Crippen molar-refractivity contribution in [1.82, 2.24) is 4.90 Å². The van der Waals surface area contributed by atoms with Gasteiger partial charge in [0, 0.05) is 25.0 Å². The van der Waals surface area contributed by atoms with Crippen molar-refractivity contribution in [2.45, 2.75) is 50.5 Å². The van der Waals surface area contributed by atoms with Crippen molar-refractivity contribution in [3.63, 3.8) is 0 Å². The van der Waals surface area contributed by atoms with Gasteiger partial charge in [0.2, 0.25) is 0 Å². The first-order valence-electron chi connectivity index (χ1n) is 6.73. The lowest BCUT2D eigenvalue weighted by Crippen LogP contribution is -2.58. The van der Waals surface area contributed by atoms with Gasteiger partial charge >= 0.3 is 0 Å². The highest BCUT2D eigenvalue weighted by molar-refractivity contribution is 5.03. The van der Waals surface area contributed by atoms with E-state index in [1.54, 1.807) is 0 Å². The van der Waals surface area contributed by atoms with Gasteiger partial charge < -0.3 is 15.7 Å². The third-order valence-electron chi connectivity index (χ3n) is 5.00. The lowest BCUT2D eigenvalue weighted by Gasteiger charge is -2.52. The highest BCUT2D eigenvalue weighted by Gasteiger charge is 2.50. The first-order chi connectivity index (χ1) is 7.62. The average Bonchev–Trinajstić information content (AvgIpc) is 2.34. The Balaban J connectivity index is 2.12. The fourth-order valence-electron chi connectivity index (χ4n) is 3.61. The fourth-order valence-corrected chi connectivity index (χ4v) is 3.61. The maximum absolute atomic E-state index is 11.0. The molecule has 2 aliphatic rings. The number of aliphatic hydroxyl groups is 1. The van der Waals surface area contributed by atoms with Crippen LogP contribution in [0, 0.1) is 5.41 Å². The molecule has 1 saturated carbocycles. The van der Waals surface area contributed by atoms with E-state index in [-0.39, 0.29) is 5.41 Å². The van der Waals surface area contributed by atoms with E-state index in [2.05, 4.69) is 11.9 Å². The molecular formula is C13H26N2O. The van der Waals surface area contributed by atoms with Gasteiger partial charge in [0.25, 0.3) is 0 Å². The van der Waals surface area contributed by atoms with E-state index in [1.165, 1.54) is 19.3 Å². The zero-order valence-electron chi connectivity index (χ0n) is 10.5. The zero-order chi connectivity index (χ0) is 11.6. The maximum Gasteiger partial charge on any atom is 0.0740 e. The minimum atomic E-state index is -0.491. The predicted octanol–water partition coefficient (Wildman–Crippen LogP) is 1.35. The number of nitrogens with zero attached hydrogens (tertiary/aromatic N) is 1. The largest absolute Gasteiger partial charge is 0.389 e. The summed E-state index contributed by atoms with van der Waals surface area (Å²) in [6, 6.07) is 0. The molecule has 0 unspecified atom stereocenters. The van der Waals surface area contributed by atoms with Gasteiger partial charge in [-0.3, -0.25) is 0 Å². The van der Waals surface area contributed by atoms with Gasteiger partial charge in [-0.1, -0.05) is 19.3 Å². The lowest BCUT2D eigenvalue weighted by molar-refractivity contribution is -0.130. The number of likely N-dealkylation sites (tertiary alicyclic amines) is 1. The van der Waals surface area contributed by atoms with Gasteiger partial charge in [-0.05, 0) is 32.7 Å². The SMILES string of the molecule is CN1CCC(O)(C2(CN)CCCCC2)CC1. The van der Waals surface area contributed by atoms with E-state index in [4.69, 9.17) is 5.73 Å². The second-order valence-electron chi connectivity index (χ2n) is 5.88. The van der Waals surface area contributed by atoms with Crippen LogP contribution in [0.2, 0.25) is 0 Å². The Hall–Kier alpha value is -0.120. The molecule has 0 bridgehead atoms. The third-order valence-corrected chi connectivity index (χ3v) is 5.00.